The molecule has 1 aliphatic rings. The van der Waals surface area contributed by atoms with Crippen LogP contribution < -0.4 is 16.0 Å². The third-order valence-electron chi connectivity index (χ3n) is 4.22. The molecule has 1 aromatic rings. The summed E-state index contributed by atoms with van der Waals surface area (Å²) in [5, 5.41) is 3.09. The number of hydrogen-bond donors (Lipinski definition) is 2. The van der Waals surface area contributed by atoms with Crippen molar-refractivity contribution in [1.82, 2.24) is 5.32 Å². The fraction of sp³-hybridized carbons (Fsp3) is 0.562. The lowest BCUT2D eigenvalue weighted by molar-refractivity contribution is -0.124. The number of nitrogens with zero attached hydrogens (tertiary/aromatic N) is 1. The molecule has 1 aliphatic heterocycles. The van der Waals surface area contributed by atoms with Gasteiger partial charge >= 0.3 is 0 Å². The Hall–Kier alpha value is -1.55. The number of carbonyl (C=O) groups is 1. The van der Waals surface area contributed by atoms with Crippen LogP contribution in [0.3, 0.4) is 0 Å². The number of hydrogen-bond acceptors (Lipinski definition) is 3. The van der Waals surface area contributed by atoms with Crippen molar-refractivity contribution >= 4 is 11.6 Å². The third-order valence-corrected chi connectivity index (χ3v) is 4.22. The highest BCUT2D eigenvalue weighted by molar-refractivity contribution is 5.82. The summed E-state index contributed by atoms with van der Waals surface area (Å²) in [6.07, 6.45) is 1.91. The van der Waals surface area contributed by atoms with E-state index in [1.165, 1.54) is 5.69 Å². The van der Waals surface area contributed by atoms with Crippen molar-refractivity contribution in [2.45, 2.75) is 38.8 Å². The molecule has 1 saturated heterocycles. The summed E-state index contributed by atoms with van der Waals surface area (Å²) >= 11 is 0. The van der Waals surface area contributed by atoms with Crippen LogP contribution in [0.1, 0.15) is 26.7 Å². The van der Waals surface area contributed by atoms with Crippen LogP contribution >= 0.6 is 0 Å². The van der Waals surface area contributed by atoms with Crippen LogP contribution in [0.5, 0.6) is 0 Å². The van der Waals surface area contributed by atoms with Gasteiger partial charge in [0.25, 0.3) is 0 Å². The third kappa shape index (κ3) is 3.51. The van der Waals surface area contributed by atoms with Crippen molar-refractivity contribution in [3.63, 3.8) is 0 Å². The molecule has 0 radical (unpaired) electrons. The number of carbonyl (C=O) groups excluding carboxylic acids is 1. The molecule has 3 atom stereocenters. The molecule has 1 fully saturated rings. The normalized spacial score (nSPS) is 21.6. The quantitative estimate of drug-likeness (QED) is 0.861. The lowest BCUT2D eigenvalue weighted by atomic mass is 9.99. The van der Waals surface area contributed by atoms with E-state index >= 15 is 0 Å². The smallest absolute Gasteiger partial charge is 0.237 e. The van der Waals surface area contributed by atoms with Gasteiger partial charge in [-0.2, -0.15) is 0 Å². The van der Waals surface area contributed by atoms with Gasteiger partial charge in [-0.15, -0.1) is 0 Å². The van der Waals surface area contributed by atoms with E-state index in [0.717, 1.165) is 25.9 Å². The van der Waals surface area contributed by atoms with Crippen LogP contribution in [-0.2, 0) is 4.79 Å². The Kier molecular flexibility index (Phi) is 5.01. The van der Waals surface area contributed by atoms with Crippen molar-refractivity contribution in [2.24, 2.45) is 11.7 Å². The van der Waals surface area contributed by atoms with Gasteiger partial charge in [0, 0.05) is 24.8 Å². The first-order valence-corrected chi connectivity index (χ1v) is 7.47. The summed E-state index contributed by atoms with van der Waals surface area (Å²) in [5.41, 5.74) is 7.19. The van der Waals surface area contributed by atoms with Crippen molar-refractivity contribution in [1.29, 1.82) is 0 Å². The summed E-state index contributed by atoms with van der Waals surface area (Å²) in [6.45, 7) is 5.93. The second kappa shape index (κ2) is 6.75. The van der Waals surface area contributed by atoms with E-state index in [0.29, 0.717) is 0 Å². The molecule has 2 unspecified atom stereocenters. The Morgan fingerprint density at radius 1 is 1.45 bits per heavy atom. The van der Waals surface area contributed by atoms with Crippen LogP contribution in [-0.4, -0.2) is 31.1 Å². The Morgan fingerprint density at radius 2 is 2.15 bits per heavy atom. The zero-order valence-corrected chi connectivity index (χ0v) is 12.4. The minimum atomic E-state index is -0.397. The highest BCUT2D eigenvalue weighted by Crippen LogP contribution is 2.19. The van der Waals surface area contributed by atoms with Crippen LogP contribution in [0, 0.1) is 5.92 Å². The zero-order chi connectivity index (χ0) is 14.5. The van der Waals surface area contributed by atoms with Gasteiger partial charge < -0.3 is 16.0 Å². The number of amides is 1. The maximum atomic E-state index is 12.1. The fourth-order valence-corrected chi connectivity index (χ4v) is 2.56. The fourth-order valence-electron chi connectivity index (χ4n) is 2.56. The van der Waals surface area contributed by atoms with E-state index in [1.807, 2.05) is 25.1 Å². The number of para-hydroxylation sites is 1. The number of nitrogens with one attached hydrogen (secondary N) is 1. The Balaban J connectivity index is 1.86. The highest BCUT2D eigenvalue weighted by Gasteiger charge is 2.27. The highest BCUT2D eigenvalue weighted by atomic mass is 16.2. The summed E-state index contributed by atoms with van der Waals surface area (Å²) in [4.78, 5) is 14.4. The Morgan fingerprint density at radius 3 is 2.80 bits per heavy atom. The van der Waals surface area contributed by atoms with Crippen molar-refractivity contribution in [3.05, 3.63) is 30.3 Å². The Bertz CT molecular complexity index is 435. The molecule has 20 heavy (non-hydrogen) atoms. The van der Waals surface area contributed by atoms with Gasteiger partial charge in [0.05, 0.1) is 6.04 Å². The molecular weight excluding hydrogens is 250 g/mol. The molecule has 0 aliphatic carbocycles. The molecule has 1 amide bonds. The number of anilines is 1. The van der Waals surface area contributed by atoms with Crippen molar-refractivity contribution < 1.29 is 4.79 Å². The van der Waals surface area contributed by atoms with E-state index in [2.05, 4.69) is 29.3 Å². The molecule has 4 heteroatoms. The molecule has 4 nitrogen and oxygen atoms in total. The van der Waals surface area contributed by atoms with E-state index in [4.69, 9.17) is 5.73 Å². The molecule has 3 N–H and O–H groups in total. The van der Waals surface area contributed by atoms with Crippen LogP contribution in [0.25, 0.3) is 0 Å². The summed E-state index contributed by atoms with van der Waals surface area (Å²) in [5.74, 6) is 0.209. The maximum absolute atomic E-state index is 12.1. The summed E-state index contributed by atoms with van der Waals surface area (Å²) in [7, 11) is 0. The number of nitrogens with two attached hydrogens (primary N) is 1. The SMILES string of the molecule is CCC(C)[C@H](N)C(=O)NC1CCN(c2ccccc2)C1. The van der Waals surface area contributed by atoms with E-state index in [1.54, 1.807) is 0 Å². The molecule has 110 valence electrons. The van der Waals surface area contributed by atoms with E-state index in [9.17, 15) is 4.79 Å². The largest absolute Gasteiger partial charge is 0.369 e. The van der Waals surface area contributed by atoms with E-state index in [-0.39, 0.29) is 17.9 Å². The maximum Gasteiger partial charge on any atom is 0.237 e. The predicted molar refractivity (Wildman–Crippen MR) is 82.6 cm³/mol. The van der Waals surface area contributed by atoms with Gasteiger partial charge in [0.1, 0.15) is 0 Å². The van der Waals surface area contributed by atoms with Crippen molar-refractivity contribution in [2.75, 3.05) is 18.0 Å². The molecule has 0 aromatic heterocycles. The minimum absolute atomic E-state index is 0.0146. The second-order valence-electron chi connectivity index (χ2n) is 5.69. The Labute approximate surface area is 121 Å². The van der Waals surface area contributed by atoms with Gasteiger partial charge in [-0.1, -0.05) is 38.5 Å². The van der Waals surface area contributed by atoms with Crippen LogP contribution in [0.15, 0.2) is 30.3 Å². The average Bonchev–Trinajstić information content (AvgIpc) is 2.95. The second-order valence-corrected chi connectivity index (χ2v) is 5.69. The van der Waals surface area contributed by atoms with Crippen molar-refractivity contribution in [3.8, 4) is 0 Å². The predicted octanol–water partition coefficient (Wildman–Crippen LogP) is 1.75. The first-order chi connectivity index (χ1) is 9.61. The van der Waals surface area contributed by atoms with Crippen LogP contribution in [0.2, 0.25) is 0 Å². The average molecular weight is 275 g/mol. The minimum Gasteiger partial charge on any atom is -0.369 e. The molecule has 0 bridgehead atoms. The first kappa shape index (κ1) is 14.9. The van der Waals surface area contributed by atoms with Gasteiger partial charge in [-0.25, -0.2) is 0 Å². The van der Waals surface area contributed by atoms with E-state index < -0.39 is 6.04 Å². The molecule has 0 saturated carbocycles. The van der Waals surface area contributed by atoms with Gasteiger partial charge in [0.2, 0.25) is 5.91 Å². The number of rotatable bonds is 5. The molecule has 2 rings (SSSR count). The monoisotopic (exact) mass is 275 g/mol. The van der Waals surface area contributed by atoms with Crippen LogP contribution in [0.4, 0.5) is 5.69 Å². The summed E-state index contributed by atoms with van der Waals surface area (Å²) < 4.78 is 0. The lowest BCUT2D eigenvalue weighted by Gasteiger charge is -2.22. The molecule has 1 aromatic carbocycles. The summed E-state index contributed by atoms with van der Waals surface area (Å²) in [6, 6.07) is 10.1. The molecular formula is C16H25N3O. The van der Waals surface area contributed by atoms with Gasteiger partial charge in [-0.3, -0.25) is 4.79 Å². The topological polar surface area (TPSA) is 58.4 Å². The standard InChI is InChI=1S/C16H25N3O/c1-3-12(2)15(17)16(20)18-13-9-10-19(11-13)14-7-5-4-6-8-14/h4-8,12-13,15H,3,9-11,17H2,1-2H3,(H,18,20)/t12?,13?,15-/m0/s1. The first-order valence-electron chi connectivity index (χ1n) is 7.47. The van der Waals surface area contributed by atoms with Gasteiger partial charge in [0.15, 0.2) is 0 Å². The molecule has 1 heterocycles. The number of benzene rings is 1. The van der Waals surface area contributed by atoms with Gasteiger partial charge in [-0.05, 0) is 24.5 Å². The molecule has 0 spiro atoms. The zero-order valence-electron chi connectivity index (χ0n) is 12.4. The lowest BCUT2D eigenvalue weighted by Crippen LogP contribution is -2.49.